The first kappa shape index (κ1) is 10.2. The fourth-order valence-corrected chi connectivity index (χ4v) is 1.99. The molecule has 1 aromatic carbocycles. The molecule has 0 bridgehead atoms. The summed E-state index contributed by atoms with van der Waals surface area (Å²) in [7, 11) is 2.04. The third kappa shape index (κ3) is 1.76. The van der Waals surface area contributed by atoms with Crippen molar-refractivity contribution in [3.8, 4) is 0 Å². The van der Waals surface area contributed by atoms with E-state index in [4.69, 9.17) is 0 Å². The second-order valence-corrected chi connectivity index (χ2v) is 4.53. The van der Waals surface area contributed by atoms with E-state index in [1.165, 1.54) is 5.56 Å². The third-order valence-electron chi connectivity index (χ3n) is 3.07. The van der Waals surface area contributed by atoms with Crippen LogP contribution >= 0.6 is 0 Å². The van der Waals surface area contributed by atoms with Gasteiger partial charge in [-0.1, -0.05) is 19.9 Å². The molecular formula is C13H17NO. The maximum absolute atomic E-state index is 11.8. The summed E-state index contributed by atoms with van der Waals surface area (Å²) in [5.41, 5.74) is 3.23. The van der Waals surface area contributed by atoms with Crippen molar-refractivity contribution in [1.82, 2.24) is 0 Å². The summed E-state index contributed by atoms with van der Waals surface area (Å²) in [6.07, 6.45) is 0.644. The second-order valence-electron chi connectivity index (χ2n) is 4.53. The average Bonchev–Trinajstić information content (AvgIpc) is 2.23. The lowest BCUT2D eigenvalue weighted by atomic mass is 9.94. The van der Waals surface area contributed by atoms with E-state index in [-0.39, 0.29) is 5.78 Å². The zero-order valence-corrected chi connectivity index (χ0v) is 9.58. The van der Waals surface area contributed by atoms with Crippen LogP contribution in [0.5, 0.6) is 0 Å². The first-order chi connectivity index (χ1) is 7.09. The number of hydrogen-bond donors (Lipinski definition) is 0. The average molecular weight is 203 g/mol. The lowest BCUT2D eigenvalue weighted by molar-refractivity contribution is 0.0980. The van der Waals surface area contributed by atoms with Gasteiger partial charge in [0.2, 0.25) is 0 Å². The van der Waals surface area contributed by atoms with E-state index in [9.17, 15) is 4.79 Å². The molecule has 1 heterocycles. The Kier molecular flexibility index (Phi) is 2.51. The van der Waals surface area contributed by atoms with E-state index < -0.39 is 0 Å². The summed E-state index contributed by atoms with van der Waals surface area (Å²) in [5, 5.41) is 0. The van der Waals surface area contributed by atoms with Gasteiger partial charge in [-0.05, 0) is 23.6 Å². The Bertz CT molecular complexity index is 396. The van der Waals surface area contributed by atoms with Gasteiger partial charge in [-0.2, -0.15) is 0 Å². The van der Waals surface area contributed by atoms with Crippen LogP contribution < -0.4 is 4.90 Å². The number of Topliss-reactive ketones (excluding diaryl/α,β-unsaturated/α-hetero) is 1. The minimum atomic E-state index is 0.283. The lowest BCUT2D eigenvalue weighted by Crippen LogP contribution is -2.28. The standard InChI is InChI=1S/C13H17NO/c1-9(2)10-4-5-12-11(8-10)13(15)6-7-14(12)3/h4-5,8-9H,6-7H2,1-3H3. The van der Waals surface area contributed by atoms with E-state index in [1.807, 2.05) is 7.05 Å². The minimum Gasteiger partial charge on any atom is -0.374 e. The smallest absolute Gasteiger partial charge is 0.166 e. The largest absolute Gasteiger partial charge is 0.374 e. The molecule has 0 radical (unpaired) electrons. The van der Waals surface area contributed by atoms with E-state index in [0.717, 1.165) is 17.8 Å². The fourth-order valence-electron chi connectivity index (χ4n) is 1.99. The van der Waals surface area contributed by atoms with Gasteiger partial charge in [-0.15, -0.1) is 0 Å². The SMILES string of the molecule is CC(C)c1ccc2c(c1)C(=O)CCN2C. The van der Waals surface area contributed by atoms with Crippen molar-refractivity contribution in [2.24, 2.45) is 0 Å². The molecular weight excluding hydrogens is 186 g/mol. The van der Waals surface area contributed by atoms with Gasteiger partial charge >= 0.3 is 0 Å². The van der Waals surface area contributed by atoms with Crippen molar-refractivity contribution in [2.75, 3.05) is 18.5 Å². The van der Waals surface area contributed by atoms with Crippen LogP contribution in [0.3, 0.4) is 0 Å². The predicted octanol–water partition coefficient (Wildman–Crippen LogP) is 2.83. The lowest BCUT2D eigenvalue weighted by Gasteiger charge is -2.27. The van der Waals surface area contributed by atoms with Crippen LogP contribution in [0.4, 0.5) is 5.69 Å². The van der Waals surface area contributed by atoms with Gasteiger partial charge in [0.15, 0.2) is 5.78 Å². The van der Waals surface area contributed by atoms with Crippen LogP contribution in [-0.2, 0) is 0 Å². The first-order valence-electron chi connectivity index (χ1n) is 5.48. The van der Waals surface area contributed by atoms with Gasteiger partial charge in [0.05, 0.1) is 0 Å². The first-order valence-corrected chi connectivity index (χ1v) is 5.48. The molecule has 1 aromatic rings. The van der Waals surface area contributed by atoms with Crippen molar-refractivity contribution < 1.29 is 4.79 Å². The molecule has 0 spiro atoms. The number of rotatable bonds is 1. The van der Waals surface area contributed by atoms with Crippen LogP contribution in [-0.4, -0.2) is 19.4 Å². The monoisotopic (exact) mass is 203 g/mol. The van der Waals surface area contributed by atoms with Crippen LogP contribution in [0.2, 0.25) is 0 Å². The van der Waals surface area contributed by atoms with Crippen LogP contribution in [0.1, 0.15) is 42.1 Å². The summed E-state index contributed by atoms with van der Waals surface area (Å²) in [6, 6.07) is 6.25. The molecule has 0 fully saturated rings. The molecule has 2 rings (SSSR count). The number of nitrogens with zero attached hydrogens (tertiary/aromatic N) is 1. The van der Waals surface area contributed by atoms with Gasteiger partial charge < -0.3 is 4.90 Å². The zero-order valence-electron chi connectivity index (χ0n) is 9.58. The number of carbonyl (C=O) groups is 1. The molecule has 0 aliphatic carbocycles. The molecule has 15 heavy (non-hydrogen) atoms. The Morgan fingerprint density at radius 1 is 1.33 bits per heavy atom. The third-order valence-corrected chi connectivity index (χ3v) is 3.07. The van der Waals surface area contributed by atoms with Crippen molar-refractivity contribution in [1.29, 1.82) is 0 Å². The molecule has 0 aromatic heterocycles. The molecule has 2 nitrogen and oxygen atoms in total. The van der Waals surface area contributed by atoms with Gasteiger partial charge in [0.25, 0.3) is 0 Å². The molecule has 1 aliphatic heterocycles. The molecule has 1 aliphatic rings. The highest BCUT2D eigenvalue weighted by Gasteiger charge is 2.20. The summed E-state index contributed by atoms with van der Waals surface area (Å²) in [4.78, 5) is 13.9. The molecule has 0 saturated heterocycles. The van der Waals surface area contributed by atoms with Gasteiger partial charge in [-0.25, -0.2) is 0 Å². The zero-order chi connectivity index (χ0) is 11.0. The van der Waals surface area contributed by atoms with E-state index >= 15 is 0 Å². The second kappa shape index (κ2) is 3.69. The summed E-state index contributed by atoms with van der Waals surface area (Å²) in [6.45, 7) is 5.14. The highest BCUT2D eigenvalue weighted by Crippen LogP contribution is 2.28. The van der Waals surface area contributed by atoms with Crippen LogP contribution in [0, 0.1) is 0 Å². The quantitative estimate of drug-likeness (QED) is 0.699. The Labute approximate surface area is 90.9 Å². The Morgan fingerprint density at radius 2 is 2.07 bits per heavy atom. The number of fused-ring (bicyclic) bond motifs is 1. The van der Waals surface area contributed by atoms with Gasteiger partial charge in [0, 0.05) is 31.3 Å². The van der Waals surface area contributed by atoms with Crippen molar-refractivity contribution in [3.63, 3.8) is 0 Å². The summed E-state index contributed by atoms with van der Waals surface area (Å²) in [5.74, 6) is 0.765. The summed E-state index contributed by atoms with van der Waals surface area (Å²) >= 11 is 0. The minimum absolute atomic E-state index is 0.283. The maximum atomic E-state index is 11.8. The number of hydrogen-bond acceptors (Lipinski definition) is 2. The van der Waals surface area contributed by atoms with Crippen LogP contribution in [0.15, 0.2) is 18.2 Å². The maximum Gasteiger partial charge on any atom is 0.166 e. The molecule has 80 valence electrons. The Hall–Kier alpha value is -1.31. The summed E-state index contributed by atoms with van der Waals surface area (Å²) < 4.78 is 0. The van der Waals surface area contributed by atoms with Crippen molar-refractivity contribution >= 4 is 11.5 Å². The molecule has 0 unspecified atom stereocenters. The topological polar surface area (TPSA) is 20.3 Å². The highest BCUT2D eigenvalue weighted by molar-refractivity contribution is 6.03. The predicted molar refractivity (Wildman–Crippen MR) is 62.7 cm³/mol. The van der Waals surface area contributed by atoms with E-state index in [1.54, 1.807) is 0 Å². The number of anilines is 1. The highest BCUT2D eigenvalue weighted by atomic mass is 16.1. The normalized spacial score (nSPS) is 15.7. The Morgan fingerprint density at radius 3 is 2.73 bits per heavy atom. The van der Waals surface area contributed by atoms with E-state index in [0.29, 0.717) is 12.3 Å². The van der Waals surface area contributed by atoms with Crippen molar-refractivity contribution in [3.05, 3.63) is 29.3 Å². The molecule has 0 amide bonds. The fraction of sp³-hybridized carbons (Fsp3) is 0.462. The van der Waals surface area contributed by atoms with Gasteiger partial charge in [-0.3, -0.25) is 4.79 Å². The molecule has 0 N–H and O–H groups in total. The Balaban J connectivity index is 2.50. The molecule has 2 heteroatoms. The van der Waals surface area contributed by atoms with Crippen LogP contribution in [0.25, 0.3) is 0 Å². The van der Waals surface area contributed by atoms with E-state index in [2.05, 4.69) is 36.9 Å². The number of ketones is 1. The number of carbonyl (C=O) groups excluding carboxylic acids is 1. The van der Waals surface area contributed by atoms with Crippen molar-refractivity contribution in [2.45, 2.75) is 26.2 Å². The molecule has 0 atom stereocenters. The van der Waals surface area contributed by atoms with Gasteiger partial charge in [0.1, 0.15) is 0 Å². The molecule has 0 saturated carbocycles. The number of benzene rings is 1.